The van der Waals surface area contributed by atoms with E-state index in [0.29, 0.717) is 11.1 Å². The van der Waals surface area contributed by atoms with Crippen molar-refractivity contribution in [2.45, 2.75) is 33.1 Å². The van der Waals surface area contributed by atoms with E-state index in [1.54, 1.807) is 0 Å². The first-order chi connectivity index (χ1) is 11.7. The predicted molar refractivity (Wildman–Crippen MR) is 97.4 cm³/mol. The summed E-state index contributed by atoms with van der Waals surface area (Å²) < 4.78 is 6.06. The first kappa shape index (κ1) is 16.3. The summed E-state index contributed by atoms with van der Waals surface area (Å²) in [6.07, 6.45) is 2.87. The number of carbonyl (C=O) groups is 1. The van der Waals surface area contributed by atoms with Gasteiger partial charge >= 0.3 is 0 Å². The van der Waals surface area contributed by atoms with Crippen molar-refractivity contribution in [1.29, 1.82) is 0 Å². The van der Waals surface area contributed by atoms with Gasteiger partial charge in [-0.25, -0.2) is 0 Å². The predicted octanol–water partition coefficient (Wildman–Crippen LogP) is 5.83. The highest BCUT2D eigenvalue weighted by atomic mass is 16.3. The van der Waals surface area contributed by atoms with Gasteiger partial charge in [0.05, 0.1) is 5.56 Å². The largest absolute Gasteiger partial charge is 0.460 e. The molecule has 2 heteroatoms. The lowest BCUT2D eigenvalue weighted by molar-refractivity contribution is 0.103. The molecule has 0 N–H and O–H groups in total. The second kappa shape index (κ2) is 7.31. The van der Waals surface area contributed by atoms with Crippen LogP contribution >= 0.6 is 0 Å². The highest BCUT2D eigenvalue weighted by Crippen LogP contribution is 2.28. The van der Waals surface area contributed by atoms with Crippen LogP contribution in [0.3, 0.4) is 0 Å². The van der Waals surface area contributed by atoms with Gasteiger partial charge in [0.2, 0.25) is 0 Å². The van der Waals surface area contributed by atoms with E-state index in [2.05, 4.69) is 26.0 Å². The lowest BCUT2D eigenvalue weighted by Gasteiger charge is -2.01. The molecule has 1 heterocycles. The van der Waals surface area contributed by atoms with Crippen LogP contribution in [0.15, 0.2) is 65.1 Å². The highest BCUT2D eigenvalue weighted by molar-refractivity contribution is 6.10. The Morgan fingerprint density at radius 2 is 1.71 bits per heavy atom. The van der Waals surface area contributed by atoms with E-state index in [1.165, 1.54) is 5.56 Å². The third-order valence-electron chi connectivity index (χ3n) is 4.18. The van der Waals surface area contributed by atoms with Gasteiger partial charge in [-0.15, -0.1) is 0 Å². The Balaban J connectivity index is 2.00. The Kier molecular flexibility index (Phi) is 4.95. The summed E-state index contributed by atoms with van der Waals surface area (Å²) in [6.45, 7) is 4.20. The summed E-state index contributed by atoms with van der Waals surface area (Å²) in [4.78, 5) is 12.9. The molecule has 0 aliphatic rings. The standard InChI is InChI=1S/C22H22O2/c1-3-4-10-20-19(22(23)18-8-6-5-7-9-18)15-21(24-20)17-13-11-16(2)12-14-17/h5-9,11-15H,3-4,10H2,1-2H3. The fourth-order valence-electron chi connectivity index (χ4n) is 2.75. The minimum Gasteiger partial charge on any atom is -0.460 e. The van der Waals surface area contributed by atoms with Gasteiger partial charge in [-0.2, -0.15) is 0 Å². The number of hydrogen-bond acceptors (Lipinski definition) is 2. The summed E-state index contributed by atoms with van der Waals surface area (Å²) >= 11 is 0. The number of unbranched alkanes of at least 4 members (excludes halogenated alkanes) is 1. The Labute approximate surface area is 143 Å². The molecule has 0 radical (unpaired) electrons. The molecule has 2 aromatic carbocycles. The third kappa shape index (κ3) is 3.48. The van der Waals surface area contributed by atoms with Gasteiger partial charge in [0.1, 0.15) is 11.5 Å². The van der Waals surface area contributed by atoms with Crippen LogP contribution in [0.5, 0.6) is 0 Å². The average molecular weight is 318 g/mol. The lowest BCUT2D eigenvalue weighted by Crippen LogP contribution is -2.02. The number of rotatable bonds is 6. The summed E-state index contributed by atoms with van der Waals surface area (Å²) in [6, 6.07) is 19.5. The summed E-state index contributed by atoms with van der Waals surface area (Å²) in [5.41, 5.74) is 3.60. The van der Waals surface area contributed by atoms with Gasteiger partial charge in [-0.1, -0.05) is 73.5 Å². The minimum atomic E-state index is 0.0313. The number of hydrogen-bond donors (Lipinski definition) is 0. The maximum atomic E-state index is 12.9. The van der Waals surface area contributed by atoms with Crippen molar-refractivity contribution < 1.29 is 9.21 Å². The monoisotopic (exact) mass is 318 g/mol. The number of aryl methyl sites for hydroxylation is 2. The van der Waals surface area contributed by atoms with Crippen molar-refractivity contribution in [3.63, 3.8) is 0 Å². The SMILES string of the molecule is CCCCc1oc(-c2ccc(C)cc2)cc1C(=O)c1ccccc1. The van der Waals surface area contributed by atoms with Gasteiger partial charge in [-0.3, -0.25) is 4.79 Å². The summed E-state index contributed by atoms with van der Waals surface area (Å²) in [5.74, 6) is 1.59. The van der Waals surface area contributed by atoms with Crippen LogP contribution < -0.4 is 0 Å². The maximum Gasteiger partial charge on any atom is 0.196 e. The van der Waals surface area contributed by atoms with Gasteiger partial charge in [0.15, 0.2) is 5.78 Å². The average Bonchev–Trinajstić information content (AvgIpc) is 3.04. The molecule has 0 saturated heterocycles. The molecule has 0 bridgehead atoms. The molecule has 1 aromatic heterocycles. The molecule has 3 aromatic rings. The first-order valence-electron chi connectivity index (χ1n) is 8.48. The highest BCUT2D eigenvalue weighted by Gasteiger charge is 2.19. The Morgan fingerprint density at radius 3 is 2.38 bits per heavy atom. The van der Waals surface area contributed by atoms with Crippen molar-refractivity contribution in [1.82, 2.24) is 0 Å². The number of carbonyl (C=O) groups excluding carboxylic acids is 1. The fourth-order valence-corrected chi connectivity index (χ4v) is 2.75. The van der Waals surface area contributed by atoms with Gasteiger partial charge in [-0.05, 0) is 19.4 Å². The van der Waals surface area contributed by atoms with E-state index in [9.17, 15) is 4.79 Å². The minimum absolute atomic E-state index is 0.0313. The quantitative estimate of drug-likeness (QED) is 0.535. The van der Waals surface area contributed by atoms with Crippen molar-refractivity contribution in [2.24, 2.45) is 0 Å². The molecule has 0 saturated carbocycles. The second-order valence-corrected chi connectivity index (χ2v) is 6.11. The lowest BCUT2D eigenvalue weighted by atomic mass is 10.0. The molecule has 2 nitrogen and oxygen atoms in total. The van der Waals surface area contributed by atoms with Crippen LogP contribution in [0.4, 0.5) is 0 Å². The van der Waals surface area contributed by atoms with Crippen LogP contribution in [-0.4, -0.2) is 5.78 Å². The van der Waals surface area contributed by atoms with E-state index in [1.807, 2.05) is 48.5 Å². The van der Waals surface area contributed by atoms with Crippen molar-refractivity contribution in [3.05, 3.63) is 83.1 Å². The van der Waals surface area contributed by atoms with Crippen molar-refractivity contribution >= 4 is 5.78 Å². The number of furan rings is 1. The molecule has 0 aliphatic carbocycles. The molecule has 0 aliphatic heterocycles. The molecule has 0 unspecified atom stereocenters. The van der Waals surface area contributed by atoms with E-state index in [-0.39, 0.29) is 5.78 Å². The van der Waals surface area contributed by atoms with Crippen molar-refractivity contribution in [3.8, 4) is 11.3 Å². The molecular formula is C22H22O2. The summed E-state index contributed by atoms with van der Waals surface area (Å²) in [5, 5.41) is 0. The Hall–Kier alpha value is -2.61. The van der Waals surface area contributed by atoms with Crippen molar-refractivity contribution in [2.75, 3.05) is 0 Å². The first-order valence-corrected chi connectivity index (χ1v) is 8.48. The van der Waals surface area contributed by atoms with Crippen LogP contribution in [0.25, 0.3) is 11.3 Å². The van der Waals surface area contributed by atoms with Gasteiger partial charge in [0, 0.05) is 17.5 Å². The Morgan fingerprint density at radius 1 is 1.00 bits per heavy atom. The molecule has 3 rings (SSSR count). The van der Waals surface area contributed by atoms with Gasteiger partial charge in [0.25, 0.3) is 0 Å². The van der Waals surface area contributed by atoms with Crippen LogP contribution in [0, 0.1) is 6.92 Å². The zero-order chi connectivity index (χ0) is 16.9. The molecule has 0 fully saturated rings. The van der Waals surface area contributed by atoms with Crippen LogP contribution in [0.2, 0.25) is 0 Å². The normalized spacial score (nSPS) is 10.8. The van der Waals surface area contributed by atoms with E-state index >= 15 is 0 Å². The zero-order valence-corrected chi connectivity index (χ0v) is 14.2. The molecule has 122 valence electrons. The zero-order valence-electron chi connectivity index (χ0n) is 14.2. The fraction of sp³-hybridized carbons (Fsp3) is 0.227. The molecular weight excluding hydrogens is 296 g/mol. The second-order valence-electron chi connectivity index (χ2n) is 6.11. The van der Waals surface area contributed by atoms with E-state index in [4.69, 9.17) is 4.42 Å². The Bertz CT molecular complexity index is 811. The topological polar surface area (TPSA) is 30.2 Å². The van der Waals surface area contributed by atoms with Crippen LogP contribution in [0.1, 0.15) is 47.0 Å². The third-order valence-corrected chi connectivity index (χ3v) is 4.18. The molecule has 24 heavy (non-hydrogen) atoms. The molecule has 0 amide bonds. The summed E-state index contributed by atoms with van der Waals surface area (Å²) in [7, 11) is 0. The van der Waals surface area contributed by atoms with E-state index < -0.39 is 0 Å². The maximum absolute atomic E-state index is 12.9. The molecule has 0 spiro atoms. The number of benzene rings is 2. The van der Waals surface area contributed by atoms with Gasteiger partial charge < -0.3 is 4.42 Å². The molecule has 0 atom stereocenters. The smallest absolute Gasteiger partial charge is 0.196 e. The van der Waals surface area contributed by atoms with E-state index in [0.717, 1.165) is 36.3 Å². The van der Waals surface area contributed by atoms with Crippen LogP contribution in [-0.2, 0) is 6.42 Å². The number of ketones is 1.